The zero-order valence-electron chi connectivity index (χ0n) is 33.3. The first-order valence-electron chi connectivity index (χ1n) is 19.1. The Morgan fingerprint density at radius 3 is 2.25 bits per heavy atom. The Kier molecular flexibility index (Phi) is 11.1. The van der Waals surface area contributed by atoms with Gasteiger partial charge in [0.25, 0.3) is 0 Å². The fraction of sp³-hybridized carbons (Fsp3) is 0.432. The molecule has 56 heavy (non-hydrogen) atoms. The molecule has 296 valence electrons. The Hall–Kier alpha value is -5.65. The van der Waals surface area contributed by atoms with E-state index >= 15 is 0 Å². The number of ether oxygens (including phenoxy) is 3. The number of esters is 1. The van der Waals surface area contributed by atoms with Crippen LogP contribution >= 0.6 is 0 Å². The molecule has 6 rings (SSSR count). The van der Waals surface area contributed by atoms with E-state index in [9.17, 15) is 24.3 Å². The largest absolute Gasteiger partial charge is 0.497 e. The maximum absolute atomic E-state index is 14.8. The van der Waals surface area contributed by atoms with Crippen molar-refractivity contribution in [3.8, 4) is 22.8 Å². The van der Waals surface area contributed by atoms with Gasteiger partial charge in [-0.25, -0.2) is 14.6 Å². The fourth-order valence-corrected chi connectivity index (χ4v) is 7.33. The molecule has 2 aliphatic rings. The molecule has 2 amide bonds. The van der Waals surface area contributed by atoms with Crippen molar-refractivity contribution in [2.45, 2.75) is 97.1 Å². The Bertz CT molecular complexity index is 2110. The van der Waals surface area contributed by atoms with E-state index in [1.54, 1.807) is 52.1 Å². The molecule has 1 aromatic heterocycles. The highest BCUT2D eigenvalue weighted by Gasteiger charge is 2.61. The van der Waals surface area contributed by atoms with Gasteiger partial charge >= 0.3 is 11.9 Å². The van der Waals surface area contributed by atoms with E-state index in [0.29, 0.717) is 46.8 Å². The van der Waals surface area contributed by atoms with E-state index in [0.717, 1.165) is 10.9 Å². The number of hydrogen-bond acceptors (Lipinski definition) is 9. The van der Waals surface area contributed by atoms with Gasteiger partial charge in [-0.05, 0) is 74.9 Å². The second kappa shape index (κ2) is 15.5. The van der Waals surface area contributed by atoms with E-state index < -0.39 is 52.6 Å². The number of anilines is 1. The van der Waals surface area contributed by atoms with Crippen LogP contribution in [0.15, 0.2) is 78.9 Å². The Balaban J connectivity index is 1.32. The van der Waals surface area contributed by atoms with Crippen LogP contribution < -0.4 is 20.1 Å². The normalized spacial score (nSPS) is 21.2. The molecular formula is C44H52N4O8. The number of fused-ring (bicyclic) bond motifs is 1. The molecular weight excluding hydrogens is 713 g/mol. The van der Waals surface area contributed by atoms with Gasteiger partial charge in [-0.2, -0.15) is 0 Å². The first-order chi connectivity index (χ1) is 26.4. The number of hydrogen-bond donors (Lipinski definition) is 3. The number of methoxy groups -OCH3 is 1. The maximum Gasteiger partial charge on any atom is 0.338 e. The van der Waals surface area contributed by atoms with Crippen molar-refractivity contribution in [2.24, 2.45) is 11.3 Å². The monoisotopic (exact) mass is 764 g/mol. The van der Waals surface area contributed by atoms with E-state index in [-0.39, 0.29) is 24.8 Å². The van der Waals surface area contributed by atoms with Crippen LogP contribution in [0.1, 0.15) is 78.1 Å². The summed E-state index contributed by atoms with van der Waals surface area (Å²) in [5.41, 5.74) is 0.517. The molecule has 1 saturated heterocycles. The summed E-state index contributed by atoms with van der Waals surface area (Å²) in [6, 6.07) is 22.0. The lowest BCUT2D eigenvalue weighted by atomic mass is 9.85. The molecule has 12 nitrogen and oxygen atoms in total. The highest BCUT2D eigenvalue weighted by atomic mass is 16.6. The molecule has 3 N–H and O–H groups in total. The number of carbonyl (C=O) groups excluding carboxylic acids is 3. The number of carbonyl (C=O) groups is 4. The Morgan fingerprint density at radius 1 is 0.964 bits per heavy atom. The zero-order chi connectivity index (χ0) is 40.6. The molecule has 1 saturated carbocycles. The summed E-state index contributed by atoms with van der Waals surface area (Å²) in [4.78, 5) is 60.6. The summed E-state index contributed by atoms with van der Waals surface area (Å²) >= 11 is 0. The lowest BCUT2D eigenvalue weighted by Gasteiger charge is -2.36. The standard InChI is InChI=1S/C44H52N4O8/c1-9-28-24-44(28,41(52)53)47-38(49)35-22-31(55-36-23-33(26-13-11-10-12-14-26)46-34-21-30(54-8)19-20-32(34)36)25-48(35)39(50)37(42(2,3)4)45-29-17-15-27(16-18-29)40(51)56-43(5,6)7/h10-21,23,28,31,35,37,45H,9,22,24-25H2,1-8H3,(H,47,49)(H,52,53)/t28-,31+,35-,37+,44?/m0/s1. The number of aliphatic carboxylic acids is 1. The molecule has 1 unspecified atom stereocenters. The lowest BCUT2D eigenvalue weighted by molar-refractivity contribution is -0.146. The summed E-state index contributed by atoms with van der Waals surface area (Å²) < 4.78 is 17.7. The average Bonchev–Trinajstić information content (AvgIpc) is 3.71. The molecule has 3 aromatic carbocycles. The van der Waals surface area contributed by atoms with Crippen molar-refractivity contribution >= 4 is 40.3 Å². The van der Waals surface area contributed by atoms with E-state index in [2.05, 4.69) is 10.6 Å². The van der Waals surface area contributed by atoms with E-state index in [1.807, 2.05) is 82.3 Å². The molecule has 2 fully saturated rings. The zero-order valence-corrected chi connectivity index (χ0v) is 33.3. The van der Waals surface area contributed by atoms with Gasteiger partial charge in [0, 0.05) is 35.2 Å². The number of nitrogens with one attached hydrogen (secondary N) is 2. The predicted octanol–water partition coefficient (Wildman–Crippen LogP) is 7.11. The number of amides is 2. The highest BCUT2D eigenvalue weighted by Crippen LogP contribution is 2.46. The number of carboxylic acids is 1. The number of pyridine rings is 1. The minimum Gasteiger partial charge on any atom is -0.497 e. The summed E-state index contributed by atoms with van der Waals surface area (Å²) in [6.45, 7) is 13.1. The number of benzene rings is 3. The molecule has 12 heteroatoms. The van der Waals surface area contributed by atoms with Gasteiger partial charge in [0.2, 0.25) is 11.8 Å². The average molecular weight is 765 g/mol. The third-order valence-electron chi connectivity index (χ3n) is 10.5. The van der Waals surface area contributed by atoms with Gasteiger partial charge < -0.3 is 34.9 Å². The number of aromatic nitrogens is 1. The molecule has 1 aliphatic heterocycles. The van der Waals surface area contributed by atoms with Crippen LogP contribution in [0.4, 0.5) is 5.69 Å². The van der Waals surface area contributed by atoms with Gasteiger partial charge in [0.05, 0.1) is 30.4 Å². The van der Waals surface area contributed by atoms with E-state index in [1.165, 1.54) is 4.90 Å². The van der Waals surface area contributed by atoms with Gasteiger partial charge in [0.15, 0.2) is 0 Å². The number of carboxylic acid groups (broad SMARTS) is 1. The molecule has 4 aromatic rings. The maximum atomic E-state index is 14.8. The van der Waals surface area contributed by atoms with E-state index in [4.69, 9.17) is 19.2 Å². The topological polar surface area (TPSA) is 156 Å². The SMILES string of the molecule is CC[C@H]1CC1(NC(=O)[C@@H]1C[C@@H](Oc2cc(-c3ccccc3)nc3cc(OC)ccc23)CN1C(=O)[C@@H](Nc1ccc(C(=O)OC(C)(C)C)cc1)C(C)(C)C)C(=O)O. The van der Waals surface area contributed by atoms with Crippen molar-refractivity contribution in [1.82, 2.24) is 15.2 Å². The number of likely N-dealkylation sites (tertiary alicyclic amines) is 1. The fourth-order valence-electron chi connectivity index (χ4n) is 7.33. The third-order valence-corrected chi connectivity index (χ3v) is 10.5. The van der Waals surface area contributed by atoms with Crippen LogP contribution in [-0.2, 0) is 19.1 Å². The molecule has 0 bridgehead atoms. The Labute approximate surface area is 327 Å². The summed E-state index contributed by atoms with van der Waals surface area (Å²) in [6.07, 6.45) is 0.428. The second-order valence-corrected chi connectivity index (χ2v) is 16.8. The first-order valence-corrected chi connectivity index (χ1v) is 19.1. The van der Waals surface area contributed by atoms with Gasteiger partial charge in [-0.1, -0.05) is 64.4 Å². The minimum atomic E-state index is -1.37. The molecule has 0 spiro atoms. The summed E-state index contributed by atoms with van der Waals surface area (Å²) in [5, 5.41) is 17.1. The first kappa shape index (κ1) is 40.0. The van der Waals surface area contributed by atoms with Crippen molar-refractivity contribution in [1.29, 1.82) is 0 Å². The highest BCUT2D eigenvalue weighted by molar-refractivity contribution is 5.96. The van der Waals surface area contributed by atoms with Gasteiger partial charge in [-0.15, -0.1) is 0 Å². The number of nitrogens with zero attached hydrogens (tertiary/aromatic N) is 2. The summed E-state index contributed by atoms with van der Waals surface area (Å²) in [7, 11) is 1.59. The van der Waals surface area contributed by atoms with Crippen molar-refractivity contribution < 1.29 is 38.5 Å². The van der Waals surface area contributed by atoms with Crippen LogP contribution in [0.3, 0.4) is 0 Å². The van der Waals surface area contributed by atoms with Crippen LogP contribution in [0.5, 0.6) is 11.5 Å². The van der Waals surface area contributed by atoms with Gasteiger partial charge in [0.1, 0.15) is 40.8 Å². The predicted molar refractivity (Wildman–Crippen MR) is 214 cm³/mol. The second-order valence-electron chi connectivity index (χ2n) is 16.8. The molecule has 1 aliphatic carbocycles. The smallest absolute Gasteiger partial charge is 0.338 e. The molecule has 0 radical (unpaired) electrons. The molecule has 5 atom stereocenters. The third kappa shape index (κ3) is 8.59. The van der Waals surface area contributed by atoms with Crippen LogP contribution in [0, 0.1) is 11.3 Å². The van der Waals surface area contributed by atoms with Gasteiger partial charge in [-0.3, -0.25) is 9.59 Å². The van der Waals surface area contributed by atoms with Crippen molar-refractivity contribution in [3.63, 3.8) is 0 Å². The Morgan fingerprint density at radius 2 is 1.66 bits per heavy atom. The lowest BCUT2D eigenvalue weighted by Crippen LogP contribution is -2.56. The summed E-state index contributed by atoms with van der Waals surface area (Å²) in [5.74, 6) is -1.47. The van der Waals surface area contributed by atoms with Crippen molar-refractivity contribution in [3.05, 3.63) is 84.4 Å². The van der Waals surface area contributed by atoms with Crippen LogP contribution in [0.2, 0.25) is 0 Å². The number of rotatable bonds is 12. The van der Waals surface area contributed by atoms with Crippen molar-refractivity contribution in [2.75, 3.05) is 19.0 Å². The van der Waals surface area contributed by atoms with Crippen LogP contribution in [-0.4, -0.2) is 81.7 Å². The van der Waals surface area contributed by atoms with Crippen LogP contribution in [0.25, 0.3) is 22.2 Å². The minimum absolute atomic E-state index is 0.0701. The molecule has 2 heterocycles. The quantitative estimate of drug-likeness (QED) is 0.127.